The highest BCUT2D eigenvalue weighted by Crippen LogP contribution is 2.22. The Morgan fingerprint density at radius 3 is 3.00 bits per heavy atom. The Morgan fingerprint density at radius 2 is 2.29 bits per heavy atom. The highest BCUT2D eigenvalue weighted by molar-refractivity contribution is 9.10. The number of ether oxygens (including phenoxy) is 1. The lowest BCUT2D eigenvalue weighted by molar-refractivity contribution is 0.401. The van der Waals surface area contributed by atoms with E-state index in [9.17, 15) is 4.79 Å². The third-order valence-electron chi connectivity index (χ3n) is 1.85. The molecule has 0 bridgehead atoms. The van der Waals surface area contributed by atoms with E-state index in [-0.39, 0.29) is 0 Å². The Bertz CT molecular complexity index is 536. The molecule has 0 fully saturated rings. The van der Waals surface area contributed by atoms with E-state index < -0.39 is 5.69 Å². The molecule has 4 nitrogen and oxygen atoms in total. The molecule has 0 radical (unpaired) electrons. The van der Waals surface area contributed by atoms with Crippen molar-refractivity contribution in [2.75, 3.05) is 7.11 Å². The molecule has 0 aliphatic carbocycles. The lowest BCUT2D eigenvalue weighted by atomic mass is 10.2. The van der Waals surface area contributed by atoms with Crippen molar-refractivity contribution in [2.45, 2.75) is 0 Å². The summed E-state index contributed by atoms with van der Waals surface area (Å²) >= 11 is 3.32. The van der Waals surface area contributed by atoms with Gasteiger partial charge in [-0.05, 0) is 18.2 Å². The number of hydrogen-bond acceptors (Lipinski definition) is 3. The Morgan fingerprint density at radius 1 is 1.50 bits per heavy atom. The number of nitrogens with zero attached hydrogens (tertiary/aromatic N) is 1. The number of hydrogen-bond donors (Lipinski definition) is 1. The van der Waals surface area contributed by atoms with Crippen molar-refractivity contribution in [1.82, 2.24) is 9.97 Å². The average Bonchev–Trinajstić information content (AvgIpc) is 2.15. The molecule has 0 unspecified atom stereocenters. The van der Waals surface area contributed by atoms with Gasteiger partial charge in [-0.2, -0.15) is 4.98 Å². The number of nitrogens with one attached hydrogen (secondary N) is 1. The second-order valence-corrected chi connectivity index (χ2v) is 3.66. The van der Waals surface area contributed by atoms with Crippen LogP contribution in [0.25, 0.3) is 10.9 Å². The lowest BCUT2D eigenvalue weighted by Crippen LogP contribution is -2.11. The number of fused-ring (bicyclic) bond motifs is 1. The van der Waals surface area contributed by atoms with Gasteiger partial charge in [-0.15, -0.1) is 0 Å². The summed E-state index contributed by atoms with van der Waals surface area (Å²) in [5.41, 5.74) is 0.295. The molecular weight excluding hydrogens is 248 g/mol. The summed E-state index contributed by atoms with van der Waals surface area (Å²) in [6, 6.07) is 5.51. The monoisotopic (exact) mass is 254 g/mol. The molecule has 1 aromatic carbocycles. The van der Waals surface area contributed by atoms with Crippen LogP contribution in [-0.4, -0.2) is 17.1 Å². The highest BCUT2D eigenvalue weighted by Gasteiger charge is 2.04. The Labute approximate surface area is 88.1 Å². The summed E-state index contributed by atoms with van der Waals surface area (Å²) in [6.45, 7) is 0. The molecule has 0 amide bonds. The van der Waals surface area contributed by atoms with E-state index in [1.807, 2.05) is 12.1 Å². The molecule has 0 atom stereocenters. The smallest absolute Gasteiger partial charge is 0.348 e. The molecular formula is C9H7BrN2O2. The summed E-state index contributed by atoms with van der Waals surface area (Å²) < 4.78 is 5.90. The fourth-order valence-electron chi connectivity index (χ4n) is 1.26. The standard InChI is InChI=1S/C9H7BrN2O2/c1-14-8-6-3-2-5(10)4-7(6)11-9(13)12-8/h2-4H,1H3,(H,11,12,13). The van der Waals surface area contributed by atoms with E-state index >= 15 is 0 Å². The third kappa shape index (κ3) is 1.50. The fraction of sp³-hybridized carbons (Fsp3) is 0.111. The van der Waals surface area contributed by atoms with E-state index in [0.717, 1.165) is 9.86 Å². The van der Waals surface area contributed by atoms with Gasteiger partial charge in [0.1, 0.15) is 0 Å². The van der Waals surface area contributed by atoms with Crippen molar-refractivity contribution in [3.05, 3.63) is 33.2 Å². The van der Waals surface area contributed by atoms with E-state index in [1.54, 1.807) is 6.07 Å². The van der Waals surface area contributed by atoms with Crippen LogP contribution in [0.4, 0.5) is 0 Å². The third-order valence-corrected chi connectivity index (χ3v) is 2.34. The molecule has 14 heavy (non-hydrogen) atoms. The summed E-state index contributed by atoms with van der Waals surface area (Å²) in [7, 11) is 1.49. The zero-order valence-corrected chi connectivity index (χ0v) is 8.96. The molecule has 2 rings (SSSR count). The number of rotatable bonds is 1. The van der Waals surface area contributed by atoms with Crippen molar-refractivity contribution in [2.24, 2.45) is 0 Å². The predicted molar refractivity (Wildman–Crippen MR) is 56.6 cm³/mol. The van der Waals surface area contributed by atoms with Gasteiger partial charge in [0.25, 0.3) is 0 Å². The SMILES string of the molecule is COc1nc(=O)[nH]c2cc(Br)ccc12. The van der Waals surface area contributed by atoms with E-state index in [2.05, 4.69) is 25.9 Å². The van der Waals surface area contributed by atoms with Gasteiger partial charge >= 0.3 is 5.69 Å². The maximum atomic E-state index is 11.1. The molecule has 0 saturated carbocycles. The first-order valence-corrected chi connectivity index (χ1v) is 4.73. The van der Waals surface area contributed by atoms with Crippen molar-refractivity contribution in [3.63, 3.8) is 0 Å². The summed E-state index contributed by atoms with van der Waals surface area (Å²) in [4.78, 5) is 17.4. The van der Waals surface area contributed by atoms with Crippen LogP contribution in [0.15, 0.2) is 27.5 Å². The second kappa shape index (κ2) is 3.42. The Kier molecular flexibility index (Phi) is 2.25. The normalized spacial score (nSPS) is 10.4. The molecule has 0 spiro atoms. The van der Waals surface area contributed by atoms with Crippen molar-refractivity contribution < 1.29 is 4.74 Å². The zero-order valence-electron chi connectivity index (χ0n) is 7.37. The van der Waals surface area contributed by atoms with Crippen molar-refractivity contribution >= 4 is 26.8 Å². The van der Waals surface area contributed by atoms with Gasteiger partial charge in [-0.25, -0.2) is 4.79 Å². The number of aromatic amines is 1. The molecule has 1 heterocycles. The molecule has 2 aromatic rings. The van der Waals surface area contributed by atoms with Crippen LogP contribution >= 0.6 is 15.9 Å². The minimum atomic E-state index is -0.410. The average molecular weight is 255 g/mol. The molecule has 0 aliphatic heterocycles. The van der Waals surface area contributed by atoms with Crippen LogP contribution in [0, 0.1) is 0 Å². The number of benzene rings is 1. The number of methoxy groups -OCH3 is 1. The molecule has 1 aromatic heterocycles. The van der Waals surface area contributed by atoms with E-state index in [4.69, 9.17) is 4.74 Å². The van der Waals surface area contributed by atoms with Gasteiger partial charge in [-0.3, -0.25) is 0 Å². The van der Waals surface area contributed by atoms with Crippen molar-refractivity contribution in [1.29, 1.82) is 0 Å². The maximum Gasteiger partial charge on any atom is 0.348 e. The molecule has 5 heteroatoms. The largest absolute Gasteiger partial charge is 0.480 e. The first-order chi connectivity index (χ1) is 6.70. The van der Waals surface area contributed by atoms with Crippen LogP contribution in [0.1, 0.15) is 0 Å². The van der Waals surface area contributed by atoms with Crippen LogP contribution < -0.4 is 10.4 Å². The number of H-pyrrole nitrogens is 1. The first-order valence-electron chi connectivity index (χ1n) is 3.94. The van der Waals surface area contributed by atoms with Crippen LogP contribution in [0.5, 0.6) is 5.88 Å². The van der Waals surface area contributed by atoms with E-state index in [1.165, 1.54) is 7.11 Å². The van der Waals surface area contributed by atoms with Crippen LogP contribution in [0.2, 0.25) is 0 Å². The predicted octanol–water partition coefficient (Wildman–Crippen LogP) is 1.69. The topological polar surface area (TPSA) is 55.0 Å². The van der Waals surface area contributed by atoms with Gasteiger partial charge < -0.3 is 9.72 Å². The molecule has 1 N–H and O–H groups in total. The van der Waals surface area contributed by atoms with Crippen LogP contribution in [-0.2, 0) is 0 Å². The molecule has 0 aliphatic rings. The lowest BCUT2D eigenvalue weighted by Gasteiger charge is -2.02. The second-order valence-electron chi connectivity index (χ2n) is 2.74. The van der Waals surface area contributed by atoms with Gasteiger partial charge in [0, 0.05) is 4.47 Å². The number of halogens is 1. The Hall–Kier alpha value is -1.36. The summed E-state index contributed by atoms with van der Waals surface area (Å²) in [6.07, 6.45) is 0. The van der Waals surface area contributed by atoms with Crippen molar-refractivity contribution in [3.8, 4) is 5.88 Å². The number of aromatic nitrogens is 2. The van der Waals surface area contributed by atoms with Gasteiger partial charge in [0.15, 0.2) is 0 Å². The highest BCUT2D eigenvalue weighted by atomic mass is 79.9. The van der Waals surface area contributed by atoms with Gasteiger partial charge in [-0.1, -0.05) is 15.9 Å². The quantitative estimate of drug-likeness (QED) is 0.843. The first kappa shape index (κ1) is 9.21. The Balaban J connectivity index is 2.87. The minimum absolute atomic E-state index is 0.344. The summed E-state index contributed by atoms with van der Waals surface area (Å²) in [5, 5.41) is 0.787. The molecule has 0 saturated heterocycles. The fourth-order valence-corrected chi connectivity index (χ4v) is 1.62. The minimum Gasteiger partial charge on any atom is -0.480 e. The zero-order chi connectivity index (χ0) is 10.1. The van der Waals surface area contributed by atoms with Gasteiger partial charge in [0.05, 0.1) is 18.0 Å². The van der Waals surface area contributed by atoms with Gasteiger partial charge in [0.2, 0.25) is 5.88 Å². The maximum absolute atomic E-state index is 11.1. The van der Waals surface area contributed by atoms with E-state index in [0.29, 0.717) is 11.4 Å². The summed E-state index contributed by atoms with van der Waals surface area (Å²) in [5.74, 6) is 0.344. The van der Waals surface area contributed by atoms with Crippen LogP contribution in [0.3, 0.4) is 0 Å². The molecule has 72 valence electrons.